The maximum Gasteiger partial charge on any atom is 0.0936 e. The fourth-order valence-electron chi connectivity index (χ4n) is 3.53. The van der Waals surface area contributed by atoms with Crippen LogP contribution in [0.1, 0.15) is 42.9 Å². The fourth-order valence-corrected chi connectivity index (χ4v) is 3.69. The highest BCUT2D eigenvalue weighted by Crippen LogP contribution is 2.40. The van der Waals surface area contributed by atoms with Crippen molar-refractivity contribution in [2.24, 2.45) is 0 Å². The number of rotatable bonds is 4. The Balaban J connectivity index is 1.63. The predicted octanol–water partition coefficient (Wildman–Crippen LogP) is 4.04. The van der Waals surface area contributed by atoms with Crippen LogP contribution in [0.2, 0.25) is 5.02 Å². The van der Waals surface area contributed by atoms with Crippen molar-refractivity contribution in [1.29, 1.82) is 0 Å². The lowest BCUT2D eigenvalue weighted by Crippen LogP contribution is -2.35. The monoisotopic (exact) mass is 301 g/mol. The van der Waals surface area contributed by atoms with E-state index in [0.717, 1.165) is 11.7 Å². The van der Waals surface area contributed by atoms with Crippen molar-refractivity contribution in [2.75, 3.05) is 0 Å². The minimum atomic E-state index is 0.533. The summed E-state index contributed by atoms with van der Waals surface area (Å²) >= 11 is 6.00. The molecular formula is C17H20ClN3. The van der Waals surface area contributed by atoms with Gasteiger partial charge in [-0.15, -0.1) is 0 Å². The van der Waals surface area contributed by atoms with Gasteiger partial charge in [0.2, 0.25) is 0 Å². The van der Waals surface area contributed by atoms with Gasteiger partial charge in [0.25, 0.3) is 0 Å². The molecule has 1 heterocycles. The van der Waals surface area contributed by atoms with Crippen LogP contribution >= 0.6 is 11.6 Å². The summed E-state index contributed by atoms with van der Waals surface area (Å²) in [6.45, 7) is 0.844. The van der Waals surface area contributed by atoms with Gasteiger partial charge < -0.3 is 0 Å². The van der Waals surface area contributed by atoms with Crippen molar-refractivity contribution in [3.63, 3.8) is 0 Å². The Morgan fingerprint density at radius 3 is 2.86 bits per heavy atom. The van der Waals surface area contributed by atoms with Gasteiger partial charge in [-0.2, -0.15) is 5.10 Å². The van der Waals surface area contributed by atoms with E-state index in [1.807, 2.05) is 10.9 Å². The minimum absolute atomic E-state index is 0.533. The lowest BCUT2D eigenvalue weighted by Gasteiger charge is -2.36. The molecule has 0 N–H and O–H groups in total. The number of aryl methyl sites for hydroxylation is 1. The standard InChI is InChI=1S/C17H20ClN3/c18-14-10-19-20(11-14)12-21(15-8-9-15)17-7-3-5-13-4-1-2-6-16(13)17/h1-2,4,6,10-11,15,17H,3,5,7-9,12H2. The topological polar surface area (TPSA) is 21.1 Å². The molecular weight excluding hydrogens is 282 g/mol. The van der Waals surface area contributed by atoms with Crippen molar-refractivity contribution in [2.45, 2.75) is 50.9 Å². The van der Waals surface area contributed by atoms with Crippen LogP contribution in [0.3, 0.4) is 0 Å². The molecule has 1 aromatic heterocycles. The zero-order chi connectivity index (χ0) is 14.2. The van der Waals surface area contributed by atoms with E-state index in [9.17, 15) is 0 Å². The van der Waals surface area contributed by atoms with E-state index < -0.39 is 0 Å². The molecule has 2 aliphatic rings. The molecule has 0 saturated heterocycles. The van der Waals surface area contributed by atoms with Gasteiger partial charge in [0.05, 0.1) is 17.9 Å². The Kier molecular flexibility index (Phi) is 3.48. The average molecular weight is 302 g/mol. The Bertz CT molecular complexity index is 632. The predicted molar refractivity (Wildman–Crippen MR) is 84.2 cm³/mol. The first-order valence-electron chi connectivity index (χ1n) is 7.83. The van der Waals surface area contributed by atoms with Crippen LogP contribution in [0.4, 0.5) is 0 Å². The van der Waals surface area contributed by atoms with Crippen molar-refractivity contribution in [1.82, 2.24) is 14.7 Å². The number of fused-ring (bicyclic) bond motifs is 1. The second-order valence-electron chi connectivity index (χ2n) is 6.19. The Morgan fingerprint density at radius 1 is 1.24 bits per heavy atom. The SMILES string of the molecule is Clc1cnn(CN(C2CC2)C2CCCc3ccccc32)c1. The summed E-state index contributed by atoms with van der Waals surface area (Å²) in [5, 5.41) is 5.08. The molecule has 1 fully saturated rings. The van der Waals surface area contributed by atoms with Gasteiger partial charge in [0.15, 0.2) is 0 Å². The molecule has 1 unspecified atom stereocenters. The van der Waals surface area contributed by atoms with E-state index in [4.69, 9.17) is 11.6 Å². The summed E-state index contributed by atoms with van der Waals surface area (Å²) in [6.07, 6.45) is 10.0. The van der Waals surface area contributed by atoms with Gasteiger partial charge in [-0.05, 0) is 43.2 Å². The Morgan fingerprint density at radius 2 is 2.10 bits per heavy atom. The number of halogens is 1. The van der Waals surface area contributed by atoms with Crippen LogP contribution in [0.25, 0.3) is 0 Å². The van der Waals surface area contributed by atoms with Crippen LogP contribution < -0.4 is 0 Å². The number of aromatic nitrogens is 2. The van der Waals surface area contributed by atoms with Crippen molar-refractivity contribution >= 4 is 11.6 Å². The minimum Gasteiger partial charge on any atom is -0.274 e. The number of nitrogens with zero attached hydrogens (tertiary/aromatic N) is 3. The first kappa shape index (κ1) is 13.4. The molecule has 0 spiro atoms. The van der Waals surface area contributed by atoms with E-state index in [1.165, 1.54) is 43.2 Å². The van der Waals surface area contributed by atoms with Crippen LogP contribution in [0.15, 0.2) is 36.7 Å². The van der Waals surface area contributed by atoms with E-state index in [2.05, 4.69) is 34.3 Å². The molecule has 110 valence electrons. The molecule has 1 atom stereocenters. The van der Waals surface area contributed by atoms with E-state index in [1.54, 1.807) is 6.20 Å². The quantitative estimate of drug-likeness (QED) is 0.850. The highest BCUT2D eigenvalue weighted by atomic mass is 35.5. The summed E-state index contributed by atoms with van der Waals surface area (Å²) in [7, 11) is 0. The molecule has 1 aromatic carbocycles. The van der Waals surface area contributed by atoms with Crippen molar-refractivity contribution in [3.05, 3.63) is 52.8 Å². The molecule has 3 nitrogen and oxygen atoms in total. The number of hydrogen-bond donors (Lipinski definition) is 0. The maximum absolute atomic E-state index is 6.00. The molecule has 4 heteroatoms. The van der Waals surface area contributed by atoms with Crippen molar-refractivity contribution in [3.8, 4) is 0 Å². The van der Waals surface area contributed by atoms with Crippen LogP contribution in [-0.2, 0) is 13.1 Å². The summed E-state index contributed by atoms with van der Waals surface area (Å²) in [5.41, 5.74) is 3.05. The molecule has 1 saturated carbocycles. The smallest absolute Gasteiger partial charge is 0.0936 e. The number of hydrogen-bond acceptors (Lipinski definition) is 2. The lowest BCUT2D eigenvalue weighted by molar-refractivity contribution is 0.119. The van der Waals surface area contributed by atoms with Gasteiger partial charge in [0.1, 0.15) is 0 Å². The maximum atomic E-state index is 6.00. The van der Waals surface area contributed by atoms with Gasteiger partial charge in [0, 0.05) is 18.3 Å². The molecule has 2 aliphatic carbocycles. The number of benzene rings is 1. The largest absolute Gasteiger partial charge is 0.274 e. The third-order valence-electron chi connectivity index (χ3n) is 4.66. The Hall–Kier alpha value is -1.32. The van der Waals surface area contributed by atoms with Crippen molar-refractivity contribution < 1.29 is 0 Å². The highest BCUT2D eigenvalue weighted by Gasteiger charge is 2.36. The van der Waals surface area contributed by atoms with Gasteiger partial charge in [-0.25, -0.2) is 0 Å². The summed E-state index contributed by atoms with van der Waals surface area (Å²) in [5.74, 6) is 0. The Labute approximate surface area is 130 Å². The molecule has 0 aliphatic heterocycles. The van der Waals surface area contributed by atoms with Gasteiger partial charge >= 0.3 is 0 Å². The molecule has 0 radical (unpaired) electrons. The van der Waals surface area contributed by atoms with Gasteiger partial charge in [-0.3, -0.25) is 9.58 Å². The highest BCUT2D eigenvalue weighted by molar-refractivity contribution is 6.30. The second kappa shape index (κ2) is 5.47. The molecule has 4 rings (SSSR count). The summed E-state index contributed by atoms with van der Waals surface area (Å²) in [4.78, 5) is 2.63. The molecule has 21 heavy (non-hydrogen) atoms. The second-order valence-corrected chi connectivity index (χ2v) is 6.63. The molecule has 2 aromatic rings. The van der Waals surface area contributed by atoms with E-state index >= 15 is 0 Å². The average Bonchev–Trinajstić information content (AvgIpc) is 3.27. The van der Waals surface area contributed by atoms with Gasteiger partial charge in [-0.1, -0.05) is 35.9 Å². The fraction of sp³-hybridized carbons (Fsp3) is 0.471. The summed E-state index contributed by atoms with van der Waals surface area (Å²) < 4.78 is 1.97. The molecule has 0 amide bonds. The van der Waals surface area contributed by atoms with Crippen LogP contribution in [-0.4, -0.2) is 20.7 Å². The lowest BCUT2D eigenvalue weighted by atomic mass is 9.87. The normalized spacial score (nSPS) is 21.5. The molecule has 0 bridgehead atoms. The van der Waals surface area contributed by atoms with E-state index in [-0.39, 0.29) is 0 Å². The first-order chi connectivity index (χ1) is 10.3. The van der Waals surface area contributed by atoms with Crippen LogP contribution in [0, 0.1) is 0 Å². The summed E-state index contributed by atoms with van der Waals surface area (Å²) in [6, 6.07) is 10.2. The van der Waals surface area contributed by atoms with Crippen LogP contribution in [0.5, 0.6) is 0 Å². The third kappa shape index (κ3) is 2.72. The zero-order valence-corrected chi connectivity index (χ0v) is 12.8. The third-order valence-corrected chi connectivity index (χ3v) is 4.86. The zero-order valence-electron chi connectivity index (χ0n) is 12.1. The van der Waals surface area contributed by atoms with E-state index in [0.29, 0.717) is 12.1 Å². The first-order valence-corrected chi connectivity index (χ1v) is 8.20.